The summed E-state index contributed by atoms with van der Waals surface area (Å²) in [7, 11) is 0. The molecule has 0 saturated carbocycles. The Morgan fingerprint density at radius 2 is 2.12 bits per heavy atom. The average molecular weight is 347 g/mol. The Labute approximate surface area is 145 Å². The molecule has 2 N–H and O–H groups in total. The first-order chi connectivity index (χ1) is 11.6. The summed E-state index contributed by atoms with van der Waals surface area (Å²) in [6, 6.07) is 3.70. The van der Waals surface area contributed by atoms with Gasteiger partial charge in [0.25, 0.3) is 0 Å². The molecular weight excluding hydrogens is 326 g/mol. The Morgan fingerprint density at radius 3 is 2.75 bits per heavy atom. The SMILES string of the molecule is CC1CN(c2ccc(CNC(=O)Nc3nccs3)cn2)CC(C)O1. The van der Waals surface area contributed by atoms with Gasteiger partial charge in [0.1, 0.15) is 5.82 Å². The third-order valence-electron chi connectivity index (χ3n) is 3.66. The van der Waals surface area contributed by atoms with Crippen LogP contribution in [0.1, 0.15) is 19.4 Å². The Balaban J connectivity index is 1.52. The van der Waals surface area contributed by atoms with Crippen LogP contribution >= 0.6 is 11.3 Å². The van der Waals surface area contributed by atoms with E-state index in [9.17, 15) is 4.79 Å². The number of nitrogens with zero attached hydrogens (tertiary/aromatic N) is 3. The molecule has 1 saturated heterocycles. The van der Waals surface area contributed by atoms with E-state index in [0.717, 1.165) is 24.5 Å². The second-order valence-electron chi connectivity index (χ2n) is 5.83. The van der Waals surface area contributed by atoms with Gasteiger partial charge in [0.05, 0.1) is 12.2 Å². The van der Waals surface area contributed by atoms with Gasteiger partial charge < -0.3 is 15.0 Å². The number of hydrogen-bond donors (Lipinski definition) is 2. The number of carbonyl (C=O) groups is 1. The quantitative estimate of drug-likeness (QED) is 0.888. The van der Waals surface area contributed by atoms with Crippen LogP contribution in [-0.4, -0.2) is 41.3 Å². The molecule has 1 fully saturated rings. The lowest BCUT2D eigenvalue weighted by Crippen LogP contribution is -2.45. The standard InChI is InChI=1S/C16H21N5O2S/c1-11-9-21(10-12(2)23-11)14-4-3-13(7-18-14)8-19-15(22)20-16-17-5-6-24-16/h3-7,11-12H,8-10H2,1-2H3,(H2,17,19,20,22). The Hall–Kier alpha value is -2.19. The summed E-state index contributed by atoms with van der Waals surface area (Å²) >= 11 is 1.38. The lowest BCUT2D eigenvalue weighted by molar-refractivity contribution is -0.00546. The number of rotatable bonds is 4. The molecule has 3 rings (SSSR count). The summed E-state index contributed by atoms with van der Waals surface area (Å²) < 4.78 is 5.74. The Bertz CT molecular complexity index is 652. The number of nitrogens with one attached hydrogen (secondary N) is 2. The summed E-state index contributed by atoms with van der Waals surface area (Å²) in [5.74, 6) is 0.938. The molecule has 2 aromatic heterocycles. The summed E-state index contributed by atoms with van der Waals surface area (Å²) in [6.45, 7) is 6.24. The fraction of sp³-hybridized carbons (Fsp3) is 0.438. The van der Waals surface area contributed by atoms with E-state index < -0.39 is 0 Å². The first kappa shape index (κ1) is 16.7. The summed E-state index contributed by atoms with van der Waals surface area (Å²) in [6.07, 6.45) is 3.85. The molecule has 0 aliphatic carbocycles. The van der Waals surface area contributed by atoms with E-state index in [4.69, 9.17) is 4.74 Å². The molecule has 2 amide bonds. The normalized spacial score (nSPS) is 20.7. The maximum atomic E-state index is 11.8. The zero-order valence-electron chi connectivity index (χ0n) is 13.7. The Kier molecular flexibility index (Phi) is 5.27. The predicted molar refractivity (Wildman–Crippen MR) is 94.4 cm³/mol. The van der Waals surface area contributed by atoms with Gasteiger partial charge in [-0.25, -0.2) is 14.8 Å². The Morgan fingerprint density at radius 1 is 1.33 bits per heavy atom. The maximum absolute atomic E-state index is 11.8. The highest BCUT2D eigenvalue weighted by atomic mass is 32.1. The van der Waals surface area contributed by atoms with Crippen molar-refractivity contribution < 1.29 is 9.53 Å². The van der Waals surface area contributed by atoms with E-state index in [1.165, 1.54) is 11.3 Å². The lowest BCUT2D eigenvalue weighted by atomic mass is 10.2. The molecule has 0 spiro atoms. The maximum Gasteiger partial charge on any atom is 0.321 e. The number of amides is 2. The van der Waals surface area contributed by atoms with E-state index in [1.807, 2.05) is 17.5 Å². The minimum absolute atomic E-state index is 0.200. The van der Waals surface area contributed by atoms with E-state index >= 15 is 0 Å². The van der Waals surface area contributed by atoms with Crippen LogP contribution in [0, 0.1) is 0 Å². The third-order valence-corrected chi connectivity index (χ3v) is 4.35. The molecule has 0 bridgehead atoms. The number of thiazole rings is 1. The minimum Gasteiger partial charge on any atom is -0.372 e. The molecule has 2 unspecified atom stereocenters. The smallest absolute Gasteiger partial charge is 0.321 e. The predicted octanol–water partition coefficient (Wildman–Crippen LogP) is 2.47. The van der Waals surface area contributed by atoms with Gasteiger partial charge in [0.2, 0.25) is 0 Å². The van der Waals surface area contributed by atoms with Gasteiger partial charge in [-0.05, 0) is 25.5 Å². The van der Waals surface area contributed by atoms with Crippen molar-refractivity contribution in [3.63, 3.8) is 0 Å². The summed E-state index contributed by atoms with van der Waals surface area (Å²) in [5, 5.41) is 7.86. The van der Waals surface area contributed by atoms with Gasteiger partial charge in [-0.3, -0.25) is 5.32 Å². The van der Waals surface area contributed by atoms with Gasteiger partial charge >= 0.3 is 6.03 Å². The average Bonchev–Trinajstić information content (AvgIpc) is 3.05. The lowest BCUT2D eigenvalue weighted by Gasteiger charge is -2.36. The highest BCUT2D eigenvalue weighted by Crippen LogP contribution is 2.18. The number of pyridine rings is 1. The van der Waals surface area contributed by atoms with Crippen LogP contribution in [0.25, 0.3) is 0 Å². The largest absolute Gasteiger partial charge is 0.372 e. The van der Waals surface area contributed by atoms with Crippen molar-refractivity contribution in [2.75, 3.05) is 23.3 Å². The highest BCUT2D eigenvalue weighted by molar-refractivity contribution is 7.13. The molecule has 0 radical (unpaired) electrons. The molecular formula is C16H21N5O2S. The first-order valence-electron chi connectivity index (χ1n) is 7.90. The van der Waals surface area contributed by atoms with Crippen LogP contribution in [0.15, 0.2) is 29.9 Å². The van der Waals surface area contributed by atoms with E-state index in [1.54, 1.807) is 12.4 Å². The number of morpholine rings is 1. The van der Waals surface area contributed by atoms with Crippen molar-refractivity contribution in [1.82, 2.24) is 15.3 Å². The van der Waals surface area contributed by atoms with Gasteiger partial charge in [0, 0.05) is 37.4 Å². The second kappa shape index (κ2) is 7.59. The number of aromatic nitrogens is 2. The van der Waals surface area contributed by atoms with Gasteiger partial charge in [-0.2, -0.15) is 0 Å². The summed E-state index contributed by atoms with van der Waals surface area (Å²) in [5.41, 5.74) is 0.947. The van der Waals surface area contributed by atoms with Crippen molar-refractivity contribution in [2.45, 2.75) is 32.6 Å². The molecule has 24 heavy (non-hydrogen) atoms. The zero-order valence-corrected chi connectivity index (χ0v) is 14.5. The van der Waals surface area contributed by atoms with Crippen molar-refractivity contribution in [1.29, 1.82) is 0 Å². The number of hydrogen-bond acceptors (Lipinski definition) is 6. The monoisotopic (exact) mass is 347 g/mol. The number of carbonyl (C=O) groups excluding carboxylic acids is 1. The minimum atomic E-state index is -0.273. The number of anilines is 2. The first-order valence-corrected chi connectivity index (χ1v) is 8.78. The van der Waals surface area contributed by atoms with Gasteiger partial charge in [-0.15, -0.1) is 11.3 Å². The van der Waals surface area contributed by atoms with Crippen LogP contribution in [0.2, 0.25) is 0 Å². The molecule has 128 valence electrons. The van der Waals surface area contributed by atoms with Crippen molar-refractivity contribution >= 4 is 28.3 Å². The molecule has 8 heteroatoms. The molecule has 1 aliphatic heterocycles. The van der Waals surface area contributed by atoms with Crippen LogP contribution in [0.4, 0.5) is 15.7 Å². The van der Waals surface area contributed by atoms with E-state index in [2.05, 4.69) is 39.3 Å². The van der Waals surface area contributed by atoms with Crippen molar-refractivity contribution in [2.24, 2.45) is 0 Å². The molecule has 7 nitrogen and oxygen atoms in total. The molecule has 3 heterocycles. The molecule has 2 atom stereocenters. The second-order valence-corrected chi connectivity index (χ2v) is 6.73. The summed E-state index contributed by atoms with van der Waals surface area (Å²) in [4.78, 5) is 22.5. The van der Waals surface area contributed by atoms with Crippen LogP contribution in [-0.2, 0) is 11.3 Å². The fourth-order valence-electron chi connectivity index (χ4n) is 2.68. The topological polar surface area (TPSA) is 79.4 Å². The van der Waals surface area contributed by atoms with Crippen LogP contribution in [0.3, 0.4) is 0 Å². The molecule has 0 aromatic carbocycles. The number of ether oxygens (including phenoxy) is 1. The molecule has 1 aliphatic rings. The number of urea groups is 1. The zero-order chi connectivity index (χ0) is 16.9. The molecule has 2 aromatic rings. The fourth-order valence-corrected chi connectivity index (χ4v) is 3.21. The third kappa shape index (κ3) is 4.42. The van der Waals surface area contributed by atoms with Crippen LogP contribution < -0.4 is 15.5 Å². The van der Waals surface area contributed by atoms with Crippen molar-refractivity contribution in [3.8, 4) is 0 Å². The van der Waals surface area contributed by atoms with Gasteiger partial charge in [0.15, 0.2) is 5.13 Å². The van der Waals surface area contributed by atoms with Crippen LogP contribution in [0.5, 0.6) is 0 Å². The highest BCUT2D eigenvalue weighted by Gasteiger charge is 2.22. The van der Waals surface area contributed by atoms with Crippen molar-refractivity contribution in [3.05, 3.63) is 35.5 Å². The van der Waals surface area contributed by atoms with Gasteiger partial charge in [-0.1, -0.05) is 6.07 Å². The van der Waals surface area contributed by atoms with E-state index in [-0.39, 0.29) is 18.2 Å². The van der Waals surface area contributed by atoms with E-state index in [0.29, 0.717) is 11.7 Å².